The Labute approximate surface area is 292 Å². The van der Waals surface area contributed by atoms with Crippen LogP contribution in [0.25, 0.3) is 65.8 Å². The molecule has 0 fully saturated rings. The third kappa shape index (κ3) is 5.40. The lowest BCUT2D eigenvalue weighted by molar-refractivity contribution is 1.18. The standard InChI is InChI=1S/C49H35N/c1-2-21-46(45-26-13-17-35-15-5-6-20-40(35)45)47-24-9-10-25-48(47)49(50-31-11-1)39-19-12-18-37(33-39)41-29-30-42(44-23-8-7-22-43(41)44)38-28-27-34-14-3-4-16-36(34)32-38/h1-20,22-33,50H,21H2/b2-1-,31-11-,47-46+,49-48-. The molecule has 1 heteroatoms. The van der Waals surface area contributed by atoms with Crippen molar-refractivity contribution in [2.24, 2.45) is 0 Å². The number of hydrogen-bond acceptors (Lipinski definition) is 1. The summed E-state index contributed by atoms with van der Waals surface area (Å²) in [5, 5.41) is 13.7. The van der Waals surface area contributed by atoms with Gasteiger partial charge in [-0.15, -0.1) is 0 Å². The first-order chi connectivity index (χ1) is 24.8. The molecule has 8 aromatic carbocycles. The summed E-state index contributed by atoms with van der Waals surface area (Å²) in [4.78, 5) is 0. The summed E-state index contributed by atoms with van der Waals surface area (Å²) in [6.45, 7) is 0. The smallest absolute Gasteiger partial charge is 0.0533 e. The third-order valence-electron chi connectivity index (χ3n) is 9.98. The van der Waals surface area contributed by atoms with Crippen molar-refractivity contribution in [2.75, 3.05) is 0 Å². The molecule has 9 rings (SSSR count). The summed E-state index contributed by atoms with van der Waals surface area (Å²) in [6.07, 6.45) is 9.37. The van der Waals surface area contributed by atoms with Crippen LogP contribution in [-0.2, 0) is 0 Å². The summed E-state index contributed by atoms with van der Waals surface area (Å²) in [5.41, 5.74) is 9.71. The van der Waals surface area contributed by atoms with Crippen molar-refractivity contribution in [3.8, 4) is 22.3 Å². The van der Waals surface area contributed by atoms with Crippen LogP contribution in [0.15, 0.2) is 194 Å². The largest absolute Gasteiger partial charge is 0.361 e. The number of allylic oxidation sites excluding steroid dienone is 3. The molecule has 0 unspecified atom stereocenters. The normalized spacial score (nSPS) is 16.5. The molecule has 0 aliphatic carbocycles. The van der Waals surface area contributed by atoms with Gasteiger partial charge in [0, 0.05) is 11.4 Å². The SMILES string of the molecule is C1=C\C/C(c2cccc3ccccc23)=c2/cccc/c2=C(\c2cccc(-c3ccc(-c4ccc5ccccc5c4)c4ccccc34)c2)N\C=C/1. The van der Waals surface area contributed by atoms with Crippen molar-refractivity contribution < 1.29 is 0 Å². The van der Waals surface area contributed by atoms with E-state index in [4.69, 9.17) is 0 Å². The van der Waals surface area contributed by atoms with Gasteiger partial charge in [-0.1, -0.05) is 170 Å². The Hall–Kier alpha value is -6.44. The highest BCUT2D eigenvalue weighted by Crippen LogP contribution is 2.37. The van der Waals surface area contributed by atoms with Gasteiger partial charge in [-0.25, -0.2) is 0 Å². The van der Waals surface area contributed by atoms with Gasteiger partial charge in [0.15, 0.2) is 0 Å². The van der Waals surface area contributed by atoms with Crippen LogP contribution >= 0.6 is 0 Å². The van der Waals surface area contributed by atoms with Gasteiger partial charge in [0.05, 0.1) is 5.70 Å². The zero-order chi connectivity index (χ0) is 33.3. The fraction of sp³-hybridized carbons (Fsp3) is 0.0204. The summed E-state index contributed by atoms with van der Waals surface area (Å²) in [7, 11) is 0. The minimum atomic E-state index is 0.832. The topological polar surface area (TPSA) is 12.0 Å². The van der Waals surface area contributed by atoms with Gasteiger partial charge in [-0.05, 0) is 101 Å². The maximum atomic E-state index is 3.70. The number of fused-ring (bicyclic) bond motifs is 4. The number of nitrogens with one attached hydrogen (secondary N) is 1. The van der Waals surface area contributed by atoms with Crippen molar-refractivity contribution in [1.82, 2.24) is 5.32 Å². The second kappa shape index (κ2) is 12.9. The second-order valence-electron chi connectivity index (χ2n) is 12.9. The lowest BCUT2D eigenvalue weighted by atomic mass is 9.90. The maximum Gasteiger partial charge on any atom is 0.0533 e. The number of hydrogen-bond donors (Lipinski definition) is 1. The summed E-state index contributed by atoms with van der Waals surface area (Å²) < 4.78 is 0. The zero-order valence-electron chi connectivity index (χ0n) is 27.7. The lowest BCUT2D eigenvalue weighted by Gasteiger charge is -2.16. The molecule has 0 aromatic heterocycles. The van der Waals surface area contributed by atoms with Crippen LogP contribution < -0.4 is 15.8 Å². The van der Waals surface area contributed by atoms with Gasteiger partial charge >= 0.3 is 0 Å². The lowest BCUT2D eigenvalue weighted by Crippen LogP contribution is -2.33. The number of benzene rings is 8. The third-order valence-corrected chi connectivity index (χ3v) is 9.98. The number of rotatable bonds is 4. The average molecular weight is 638 g/mol. The van der Waals surface area contributed by atoms with Gasteiger partial charge in [0.25, 0.3) is 0 Å². The van der Waals surface area contributed by atoms with E-state index in [1.54, 1.807) is 0 Å². The monoisotopic (exact) mass is 637 g/mol. The van der Waals surface area contributed by atoms with Crippen molar-refractivity contribution in [3.05, 3.63) is 216 Å². The van der Waals surface area contributed by atoms with Crippen molar-refractivity contribution in [2.45, 2.75) is 6.42 Å². The first-order valence-corrected chi connectivity index (χ1v) is 17.3. The fourth-order valence-corrected chi connectivity index (χ4v) is 7.59. The molecule has 50 heavy (non-hydrogen) atoms. The van der Waals surface area contributed by atoms with Crippen LogP contribution in [0.5, 0.6) is 0 Å². The van der Waals surface area contributed by atoms with Gasteiger partial charge < -0.3 is 5.32 Å². The molecule has 0 saturated carbocycles. The van der Waals surface area contributed by atoms with Crippen LogP contribution in [0, 0.1) is 0 Å². The predicted octanol–water partition coefficient (Wildman–Crippen LogP) is 10.9. The van der Waals surface area contributed by atoms with Crippen molar-refractivity contribution in [1.29, 1.82) is 0 Å². The Morgan fingerprint density at radius 1 is 0.380 bits per heavy atom. The van der Waals surface area contributed by atoms with Gasteiger partial charge in [-0.3, -0.25) is 0 Å². The van der Waals surface area contributed by atoms with E-state index in [2.05, 4.69) is 193 Å². The molecule has 0 bridgehead atoms. The Morgan fingerprint density at radius 2 is 1.00 bits per heavy atom. The van der Waals surface area contributed by atoms with E-state index in [-0.39, 0.29) is 0 Å². The Bertz CT molecular complexity index is 2760. The van der Waals surface area contributed by atoms with Crippen molar-refractivity contribution >= 4 is 43.6 Å². The summed E-state index contributed by atoms with van der Waals surface area (Å²) in [5.74, 6) is 0. The highest BCUT2D eigenvalue weighted by atomic mass is 14.8. The zero-order valence-corrected chi connectivity index (χ0v) is 27.7. The first kappa shape index (κ1) is 29.7. The van der Waals surface area contributed by atoms with Gasteiger partial charge in [-0.2, -0.15) is 0 Å². The molecule has 0 spiro atoms. The molecule has 1 heterocycles. The summed E-state index contributed by atoms with van der Waals surface area (Å²) >= 11 is 0. The molecule has 0 amide bonds. The molecule has 1 aliphatic heterocycles. The van der Waals surface area contributed by atoms with Crippen molar-refractivity contribution in [3.63, 3.8) is 0 Å². The van der Waals surface area contributed by atoms with E-state index in [0.29, 0.717) is 0 Å². The molecular formula is C49H35N. The van der Waals surface area contributed by atoms with E-state index >= 15 is 0 Å². The molecular weight excluding hydrogens is 603 g/mol. The Kier molecular flexibility index (Phi) is 7.64. The highest BCUT2D eigenvalue weighted by molar-refractivity contribution is 6.06. The van der Waals surface area contributed by atoms with E-state index in [0.717, 1.165) is 17.7 Å². The van der Waals surface area contributed by atoms with E-state index in [9.17, 15) is 0 Å². The minimum Gasteiger partial charge on any atom is -0.361 e. The fourth-order valence-electron chi connectivity index (χ4n) is 7.59. The molecule has 1 N–H and O–H groups in total. The predicted molar refractivity (Wildman–Crippen MR) is 213 cm³/mol. The molecule has 1 aliphatic rings. The van der Waals surface area contributed by atoms with Crippen LogP contribution in [0.3, 0.4) is 0 Å². The van der Waals surface area contributed by atoms with Crippen LogP contribution in [0.4, 0.5) is 0 Å². The average Bonchev–Trinajstić information content (AvgIpc) is 3.18. The van der Waals surface area contributed by atoms with E-state index < -0.39 is 0 Å². The first-order valence-electron chi connectivity index (χ1n) is 17.3. The quantitative estimate of drug-likeness (QED) is 0.202. The Balaban J connectivity index is 1.24. The highest BCUT2D eigenvalue weighted by Gasteiger charge is 2.13. The molecule has 236 valence electrons. The van der Waals surface area contributed by atoms with E-state index in [1.165, 1.54) is 76.1 Å². The molecule has 0 saturated heterocycles. The van der Waals surface area contributed by atoms with Gasteiger partial charge in [0.1, 0.15) is 0 Å². The molecule has 1 nitrogen and oxygen atoms in total. The molecule has 8 aromatic rings. The molecule has 0 radical (unpaired) electrons. The summed E-state index contributed by atoms with van der Waals surface area (Å²) in [6, 6.07) is 61.9. The minimum absolute atomic E-state index is 0.832. The van der Waals surface area contributed by atoms with E-state index in [1.807, 2.05) is 6.20 Å². The van der Waals surface area contributed by atoms with Crippen LogP contribution in [-0.4, -0.2) is 0 Å². The van der Waals surface area contributed by atoms with Crippen LogP contribution in [0.1, 0.15) is 17.5 Å². The molecule has 0 atom stereocenters. The Morgan fingerprint density at radius 3 is 1.82 bits per heavy atom. The second-order valence-corrected chi connectivity index (χ2v) is 12.9. The van der Waals surface area contributed by atoms with Gasteiger partial charge in [0.2, 0.25) is 0 Å². The van der Waals surface area contributed by atoms with Crippen LogP contribution in [0.2, 0.25) is 0 Å². The maximum absolute atomic E-state index is 3.70.